The van der Waals surface area contributed by atoms with Gasteiger partial charge < -0.3 is 20.9 Å². The van der Waals surface area contributed by atoms with Crippen LogP contribution < -0.4 is 11.1 Å². The number of carboxylic acids is 1. The molecule has 2 amide bonds. The Bertz CT molecular complexity index is 1120. The van der Waals surface area contributed by atoms with Crippen LogP contribution in [0, 0.1) is 0 Å². The molecule has 148 valence electrons. The number of carbonyl (C=O) groups is 4. The van der Waals surface area contributed by atoms with Gasteiger partial charge in [-0.1, -0.05) is 12.1 Å². The third kappa shape index (κ3) is 3.85. The molecule has 0 aliphatic carbocycles. The summed E-state index contributed by atoms with van der Waals surface area (Å²) in [5, 5.41) is 15.4. The molecule has 0 unspecified atom stereocenters. The molecule has 29 heavy (non-hydrogen) atoms. The van der Waals surface area contributed by atoms with E-state index in [-0.39, 0.29) is 11.2 Å². The van der Waals surface area contributed by atoms with Crippen LogP contribution in [0.15, 0.2) is 36.5 Å². The van der Waals surface area contributed by atoms with Crippen LogP contribution >= 0.6 is 0 Å². The molecular weight excluding hydrogens is 384 g/mol. The van der Waals surface area contributed by atoms with Crippen molar-refractivity contribution in [2.45, 2.75) is 6.04 Å². The first-order valence-electron chi connectivity index (χ1n) is 8.05. The third-order valence-electron chi connectivity index (χ3n) is 3.88. The lowest BCUT2D eigenvalue weighted by Gasteiger charge is -2.16. The molecule has 0 fully saturated rings. The SMILES string of the molecule is COC(=O)c1ccc([C@@H](NC(=O)c2nc(C(=O)O)nc3ccnn23)C(N)=O)cc1. The third-order valence-corrected chi connectivity index (χ3v) is 3.88. The van der Waals surface area contributed by atoms with Gasteiger partial charge in [-0.15, -0.1) is 0 Å². The lowest BCUT2D eigenvalue weighted by Crippen LogP contribution is -2.39. The first-order valence-corrected chi connectivity index (χ1v) is 8.05. The molecule has 0 bridgehead atoms. The van der Waals surface area contributed by atoms with Gasteiger partial charge >= 0.3 is 11.9 Å². The molecule has 4 N–H and O–H groups in total. The number of carbonyl (C=O) groups excluding carboxylic acids is 3. The molecule has 0 saturated heterocycles. The highest BCUT2D eigenvalue weighted by atomic mass is 16.5. The summed E-state index contributed by atoms with van der Waals surface area (Å²) in [5.41, 5.74) is 6.02. The van der Waals surface area contributed by atoms with E-state index in [2.05, 4.69) is 25.1 Å². The molecule has 12 heteroatoms. The number of aromatic carboxylic acids is 1. The molecule has 0 saturated carbocycles. The maximum Gasteiger partial charge on any atom is 0.374 e. The van der Waals surface area contributed by atoms with Gasteiger partial charge in [0.05, 0.1) is 18.9 Å². The molecule has 1 aromatic carbocycles. The maximum atomic E-state index is 12.7. The molecule has 3 aromatic rings. The molecular formula is C17H14N6O6. The Morgan fingerprint density at radius 2 is 1.83 bits per heavy atom. The molecule has 12 nitrogen and oxygen atoms in total. The molecule has 0 aliphatic rings. The lowest BCUT2D eigenvalue weighted by molar-refractivity contribution is -0.120. The highest BCUT2D eigenvalue weighted by Gasteiger charge is 2.25. The van der Waals surface area contributed by atoms with Gasteiger partial charge in [-0.2, -0.15) is 14.6 Å². The normalized spacial score (nSPS) is 11.6. The van der Waals surface area contributed by atoms with Crippen molar-refractivity contribution in [3.05, 3.63) is 59.3 Å². The standard InChI is InChI=1S/C17H14N6O6/c1-29-17(28)9-4-2-8(3-5-9)11(12(18)24)21-15(25)14-22-13(16(26)27)20-10-6-7-19-23(10)14/h2-7,11H,1H3,(H2,18,24)(H,21,25)(H,26,27)/t11-/m1/s1. The number of methoxy groups -OCH3 is 1. The van der Waals surface area contributed by atoms with Gasteiger partial charge in [0.25, 0.3) is 5.91 Å². The van der Waals surface area contributed by atoms with E-state index in [0.29, 0.717) is 5.56 Å². The van der Waals surface area contributed by atoms with Crippen molar-refractivity contribution in [2.75, 3.05) is 7.11 Å². The van der Waals surface area contributed by atoms with Crippen molar-refractivity contribution in [3.8, 4) is 0 Å². The highest BCUT2D eigenvalue weighted by Crippen LogP contribution is 2.15. The van der Waals surface area contributed by atoms with Gasteiger partial charge in [0.1, 0.15) is 6.04 Å². The number of primary amides is 1. The largest absolute Gasteiger partial charge is 0.475 e. The first-order chi connectivity index (χ1) is 13.8. The van der Waals surface area contributed by atoms with Gasteiger partial charge in [0, 0.05) is 6.07 Å². The summed E-state index contributed by atoms with van der Waals surface area (Å²) in [5.74, 6) is -4.79. The van der Waals surface area contributed by atoms with Crippen LogP contribution in [-0.2, 0) is 9.53 Å². The molecule has 2 heterocycles. The molecule has 0 spiro atoms. The summed E-state index contributed by atoms with van der Waals surface area (Å²) in [4.78, 5) is 54.8. The van der Waals surface area contributed by atoms with Crippen molar-refractivity contribution in [2.24, 2.45) is 5.73 Å². The number of rotatable bonds is 6. The number of aromatic nitrogens is 4. The number of nitrogens with zero attached hydrogens (tertiary/aromatic N) is 4. The zero-order chi connectivity index (χ0) is 21.1. The van der Waals surface area contributed by atoms with Gasteiger partial charge in [-0.05, 0) is 17.7 Å². The summed E-state index contributed by atoms with van der Waals surface area (Å²) in [6, 6.07) is 5.78. The summed E-state index contributed by atoms with van der Waals surface area (Å²) in [7, 11) is 1.23. The smallest absolute Gasteiger partial charge is 0.374 e. The number of benzene rings is 1. The fourth-order valence-electron chi connectivity index (χ4n) is 2.51. The second-order valence-electron chi connectivity index (χ2n) is 5.70. The van der Waals surface area contributed by atoms with Crippen LogP contribution in [0.25, 0.3) is 5.65 Å². The van der Waals surface area contributed by atoms with Gasteiger partial charge in [-0.25, -0.2) is 14.6 Å². The highest BCUT2D eigenvalue weighted by molar-refractivity contribution is 5.96. The number of fused-ring (bicyclic) bond motifs is 1. The minimum atomic E-state index is -1.44. The number of carboxylic acid groups (broad SMARTS) is 1. The van der Waals surface area contributed by atoms with Crippen molar-refractivity contribution in [1.82, 2.24) is 24.9 Å². The Morgan fingerprint density at radius 3 is 2.41 bits per heavy atom. The van der Waals surface area contributed by atoms with Gasteiger partial charge in [0.15, 0.2) is 5.65 Å². The predicted molar refractivity (Wildman–Crippen MR) is 94.9 cm³/mol. The monoisotopic (exact) mass is 398 g/mol. The Balaban J connectivity index is 1.94. The quantitative estimate of drug-likeness (QED) is 0.464. The van der Waals surface area contributed by atoms with E-state index in [4.69, 9.17) is 10.8 Å². The minimum absolute atomic E-state index is 0.0839. The van der Waals surface area contributed by atoms with E-state index in [9.17, 15) is 19.2 Å². The summed E-state index contributed by atoms with van der Waals surface area (Å²) in [6.07, 6.45) is 1.31. The van der Waals surface area contributed by atoms with Crippen LogP contribution in [-0.4, -0.2) is 55.6 Å². The second kappa shape index (κ2) is 7.72. The Hall–Kier alpha value is -4.35. The average Bonchev–Trinajstić information content (AvgIpc) is 3.19. The van der Waals surface area contributed by atoms with E-state index in [1.54, 1.807) is 0 Å². The number of ether oxygens (including phenoxy) is 1. The van der Waals surface area contributed by atoms with Crippen LogP contribution in [0.5, 0.6) is 0 Å². The molecule has 1 atom stereocenters. The van der Waals surface area contributed by atoms with Crippen molar-refractivity contribution >= 4 is 29.4 Å². The number of hydrogen-bond acceptors (Lipinski definition) is 8. The number of esters is 1. The number of hydrogen-bond donors (Lipinski definition) is 3. The number of nitrogens with one attached hydrogen (secondary N) is 1. The molecule has 3 rings (SSSR count). The molecule has 0 radical (unpaired) electrons. The van der Waals surface area contributed by atoms with Crippen LogP contribution in [0.1, 0.15) is 43.2 Å². The summed E-state index contributed by atoms with van der Waals surface area (Å²) >= 11 is 0. The number of nitrogens with two attached hydrogens (primary N) is 1. The number of amides is 2. The second-order valence-corrected chi connectivity index (χ2v) is 5.70. The Morgan fingerprint density at radius 1 is 1.14 bits per heavy atom. The predicted octanol–water partition coefficient (Wildman–Crippen LogP) is -0.434. The summed E-state index contributed by atoms with van der Waals surface area (Å²) in [6.45, 7) is 0. The topological polar surface area (TPSA) is 179 Å². The fraction of sp³-hybridized carbons (Fsp3) is 0.118. The van der Waals surface area contributed by atoms with Crippen LogP contribution in [0.4, 0.5) is 0 Å². The van der Waals surface area contributed by atoms with Crippen molar-refractivity contribution in [1.29, 1.82) is 0 Å². The van der Waals surface area contributed by atoms with Crippen LogP contribution in [0.3, 0.4) is 0 Å². The zero-order valence-electron chi connectivity index (χ0n) is 14.9. The van der Waals surface area contributed by atoms with Crippen molar-refractivity contribution < 1.29 is 29.0 Å². The van der Waals surface area contributed by atoms with Crippen LogP contribution in [0.2, 0.25) is 0 Å². The van der Waals surface area contributed by atoms with E-state index in [0.717, 1.165) is 4.52 Å². The van der Waals surface area contributed by atoms with Gasteiger partial charge in [0.2, 0.25) is 17.6 Å². The summed E-state index contributed by atoms with van der Waals surface area (Å²) < 4.78 is 5.63. The van der Waals surface area contributed by atoms with E-state index < -0.39 is 41.4 Å². The first kappa shape index (κ1) is 19.4. The Labute approximate surface area is 162 Å². The van der Waals surface area contributed by atoms with E-state index in [1.165, 1.54) is 43.6 Å². The molecule has 0 aliphatic heterocycles. The van der Waals surface area contributed by atoms with Crippen molar-refractivity contribution in [3.63, 3.8) is 0 Å². The van der Waals surface area contributed by atoms with Gasteiger partial charge in [-0.3, -0.25) is 9.59 Å². The maximum absolute atomic E-state index is 12.7. The van der Waals surface area contributed by atoms with E-state index >= 15 is 0 Å². The Kier molecular flexibility index (Phi) is 5.17. The van der Waals surface area contributed by atoms with E-state index in [1.807, 2.05) is 0 Å². The lowest BCUT2D eigenvalue weighted by atomic mass is 10.0. The average molecular weight is 398 g/mol. The zero-order valence-corrected chi connectivity index (χ0v) is 14.9. The fourth-order valence-corrected chi connectivity index (χ4v) is 2.51. The molecule has 2 aromatic heterocycles. The minimum Gasteiger partial charge on any atom is -0.475 e.